The fourth-order valence-corrected chi connectivity index (χ4v) is 3.81. The van der Waals surface area contributed by atoms with Crippen LogP contribution in [0.3, 0.4) is 0 Å². The Bertz CT molecular complexity index is 1070. The van der Waals surface area contributed by atoms with Crippen LogP contribution in [0.15, 0.2) is 54.6 Å². The lowest BCUT2D eigenvalue weighted by Gasteiger charge is -2.30. The van der Waals surface area contributed by atoms with Crippen LogP contribution >= 0.6 is 0 Å². The molecule has 0 saturated carbocycles. The molecule has 34 heavy (non-hydrogen) atoms. The number of hydrogen-bond acceptors (Lipinski definition) is 5. The smallest absolute Gasteiger partial charge is 0.222 e. The average molecular weight is 462 g/mol. The number of terminal acetylenes is 1. The molecule has 6 heteroatoms. The first-order valence-electron chi connectivity index (χ1n) is 11.7. The quantitative estimate of drug-likeness (QED) is 0.310. The number of aliphatic hydroxyl groups excluding tert-OH is 1. The van der Waals surface area contributed by atoms with Crippen molar-refractivity contribution in [2.24, 2.45) is 7.05 Å². The van der Waals surface area contributed by atoms with Gasteiger partial charge in [-0.1, -0.05) is 60.9 Å². The molecular weight excluding hydrogens is 426 g/mol. The standard InChI is InChI=1S/C28H35N3O3/c1-6-17-33-20-24(32)18-31(22(4)7-2)19-26-27(23-11-9-8-10-12-23)29-30(5)28(26)34-25-15-13-21(3)14-16-25/h1,8-16,22,24,32H,7,17-20H2,2-5H3. The number of hydrogen-bond donors (Lipinski definition) is 1. The number of aryl methyl sites for hydroxylation is 2. The molecule has 0 saturated heterocycles. The third-order valence-electron chi connectivity index (χ3n) is 5.89. The molecule has 3 aromatic rings. The van der Waals surface area contributed by atoms with Gasteiger partial charge in [0, 0.05) is 31.7 Å². The van der Waals surface area contributed by atoms with Gasteiger partial charge < -0.3 is 14.6 Å². The molecule has 1 N–H and O–H groups in total. The highest BCUT2D eigenvalue weighted by atomic mass is 16.5. The van der Waals surface area contributed by atoms with Crippen molar-refractivity contribution in [3.05, 3.63) is 65.7 Å². The number of benzene rings is 2. The van der Waals surface area contributed by atoms with E-state index in [-0.39, 0.29) is 19.3 Å². The van der Waals surface area contributed by atoms with Crippen molar-refractivity contribution in [2.75, 3.05) is 19.8 Å². The van der Waals surface area contributed by atoms with Crippen molar-refractivity contribution in [3.8, 4) is 35.2 Å². The van der Waals surface area contributed by atoms with Crippen LogP contribution in [0.2, 0.25) is 0 Å². The zero-order valence-electron chi connectivity index (χ0n) is 20.6. The minimum Gasteiger partial charge on any atom is -0.439 e. The van der Waals surface area contributed by atoms with Crippen LogP contribution in [-0.4, -0.2) is 51.7 Å². The van der Waals surface area contributed by atoms with Gasteiger partial charge >= 0.3 is 0 Å². The van der Waals surface area contributed by atoms with Gasteiger partial charge in [-0.05, 0) is 32.4 Å². The van der Waals surface area contributed by atoms with Crippen molar-refractivity contribution in [1.82, 2.24) is 14.7 Å². The molecule has 0 radical (unpaired) electrons. The van der Waals surface area contributed by atoms with Crippen molar-refractivity contribution in [2.45, 2.75) is 45.9 Å². The summed E-state index contributed by atoms with van der Waals surface area (Å²) in [5, 5.41) is 15.4. The van der Waals surface area contributed by atoms with Crippen LogP contribution in [0.25, 0.3) is 11.3 Å². The summed E-state index contributed by atoms with van der Waals surface area (Å²) in [5.74, 6) is 3.88. The summed E-state index contributed by atoms with van der Waals surface area (Å²) in [6.07, 6.45) is 5.55. The summed E-state index contributed by atoms with van der Waals surface area (Å²) in [6, 6.07) is 18.3. The fraction of sp³-hybridized carbons (Fsp3) is 0.393. The second-order valence-electron chi connectivity index (χ2n) is 8.60. The van der Waals surface area contributed by atoms with Crippen LogP contribution in [0, 0.1) is 19.3 Å². The Hall–Kier alpha value is -3.11. The predicted molar refractivity (Wildman–Crippen MR) is 136 cm³/mol. The molecule has 2 unspecified atom stereocenters. The lowest BCUT2D eigenvalue weighted by atomic mass is 10.1. The van der Waals surface area contributed by atoms with E-state index >= 15 is 0 Å². The van der Waals surface area contributed by atoms with E-state index in [4.69, 9.17) is 21.0 Å². The number of aromatic nitrogens is 2. The molecule has 2 atom stereocenters. The first kappa shape index (κ1) is 25.5. The van der Waals surface area contributed by atoms with Gasteiger partial charge in [-0.2, -0.15) is 5.10 Å². The Kier molecular flexibility index (Phi) is 9.29. The summed E-state index contributed by atoms with van der Waals surface area (Å²) in [5.41, 5.74) is 4.04. The van der Waals surface area contributed by atoms with Crippen LogP contribution < -0.4 is 4.74 Å². The molecule has 1 aromatic heterocycles. The Balaban J connectivity index is 1.96. The van der Waals surface area contributed by atoms with E-state index in [1.54, 1.807) is 4.68 Å². The van der Waals surface area contributed by atoms with E-state index in [2.05, 4.69) is 43.7 Å². The first-order chi connectivity index (χ1) is 16.4. The second kappa shape index (κ2) is 12.4. The molecular formula is C28H35N3O3. The maximum absolute atomic E-state index is 10.6. The molecule has 2 aromatic carbocycles. The highest BCUT2D eigenvalue weighted by molar-refractivity contribution is 5.65. The van der Waals surface area contributed by atoms with Crippen LogP contribution in [0.4, 0.5) is 0 Å². The zero-order chi connectivity index (χ0) is 24.5. The lowest BCUT2D eigenvalue weighted by molar-refractivity contribution is 0.0169. The van der Waals surface area contributed by atoms with E-state index in [0.29, 0.717) is 19.0 Å². The maximum Gasteiger partial charge on any atom is 0.222 e. The van der Waals surface area contributed by atoms with E-state index in [1.165, 1.54) is 5.56 Å². The highest BCUT2D eigenvalue weighted by Crippen LogP contribution is 2.34. The van der Waals surface area contributed by atoms with Gasteiger partial charge in [0.15, 0.2) is 0 Å². The van der Waals surface area contributed by atoms with Crippen molar-refractivity contribution >= 4 is 0 Å². The minimum atomic E-state index is -0.652. The maximum atomic E-state index is 10.6. The molecule has 1 heterocycles. The molecule has 0 fully saturated rings. The summed E-state index contributed by atoms with van der Waals surface area (Å²) >= 11 is 0. The molecule has 0 spiro atoms. The van der Waals surface area contributed by atoms with Gasteiger partial charge in [0.25, 0.3) is 0 Å². The molecule has 0 aliphatic carbocycles. The number of ether oxygens (including phenoxy) is 2. The third-order valence-corrected chi connectivity index (χ3v) is 5.89. The normalized spacial score (nSPS) is 13.0. The number of nitrogens with zero attached hydrogens (tertiary/aromatic N) is 3. The van der Waals surface area contributed by atoms with E-state index in [1.807, 2.05) is 49.5 Å². The van der Waals surface area contributed by atoms with Gasteiger partial charge in [-0.3, -0.25) is 4.90 Å². The molecule has 0 aliphatic rings. The second-order valence-corrected chi connectivity index (χ2v) is 8.60. The molecule has 0 aliphatic heterocycles. The van der Waals surface area contributed by atoms with E-state index in [9.17, 15) is 5.11 Å². The summed E-state index contributed by atoms with van der Waals surface area (Å²) < 4.78 is 13.5. The van der Waals surface area contributed by atoms with Gasteiger partial charge in [-0.25, -0.2) is 4.68 Å². The molecule has 0 bridgehead atoms. The van der Waals surface area contributed by atoms with Crippen molar-refractivity contribution < 1.29 is 14.6 Å². The largest absolute Gasteiger partial charge is 0.439 e. The van der Waals surface area contributed by atoms with E-state index < -0.39 is 6.10 Å². The summed E-state index contributed by atoms with van der Waals surface area (Å²) in [6.45, 7) is 7.76. The van der Waals surface area contributed by atoms with Gasteiger partial charge in [-0.15, -0.1) is 6.42 Å². The topological polar surface area (TPSA) is 59.8 Å². The Labute approximate surface area is 203 Å². The zero-order valence-corrected chi connectivity index (χ0v) is 20.6. The van der Waals surface area contributed by atoms with Gasteiger partial charge in [0.2, 0.25) is 5.88 Å². The van der Waals surface area contributed by atoms with Crippen LogP contribution in [-0.2, 0) is 18.3 Å². The predicted octanol–water partition coefficient (Wildman–Crippen LogP) is 4.80. The van der Waals surface area contributed by atoms with Gasteiger partial charge in [0.1, 0.15) is 18.1 Å². The van der Waals surface area contributed by atoms with Gasteiger partial charge in [0.05, 0.1) is 18.3 Å². The van der Waals surface area contributed by atoms with Crippen LogP contribution in [0.5, 0.6) is 11.6 Å². The van der Waals surface area contributed by atoms with Crippen molar-refractivity contribution in [3.63, 3.8) is 0 Å². The minimum absolute atomic E-state index is 0.190. The summed E-state index contributed by atoms with van der Waals surface area (Å²) in [7, 11) is 1.90. The Morgan fingerprint density at radius 2 is 1.85 bits per heavy atom. The fourth-order valence-electron chi connectivity index (χ4n) is 3.81. The Morgan fingerprint density at radius 3 is 2.50 bits per heavy atom. The highest BCUT2D eigenvalue weighted by Gasteiger charge is 2.25. The van der Waals surface area contributed by atoms with Crippen LogP contribution in [0.1, 0.15) is 31.4 Å². The first-order valence-corrected chi connectivity index (χ1v) is 11.7. The average Bonchev–Trinajstić information content (AvgIpc) is 3.15. The van der Waals surface area contributed by atoms with Crippen molar-refractivity contribution in [1.29, 1.82) is 0 Å². The molecule has 3 rings (SSSR count). The third kappa shape index (κ3) is 6.71. The number of rotatable bonds is 12. The molecule has 180 valence electrons. The number of aliphatic hydroxyl groups is 1. The Morgan fingerprint density at radius 1 is 1.15 bits per heavy atom. The molecule has 0 amide bonds. The lowest BCUT2D eigenvalue weighted by Crippen LogP contribution is -2.40. The SMILES string of the molecule is C#CCOCC(O)CN(Cc1c(-c2ccccc2)nn(C)c1Oc1ccc(C)cc1)C(C)CC. The van der Waals surface area contributed by atoms with E-state index in [0.717, 1.165) is 29.0 Å². The molecule has 6 nitrogen and oxygen atoms in total. The summed E-state index contributed by atoms with van der Waals surface area (Å²) in [4.78, 5) is 2.25. The monoisotopic (exact) mass is 461 g/mol.